The van der Waals surface area contributed by atoms with E-state index in [1.165, 1.54) is 25.7 Å². The van der Waals surface area contributed by atoms with Gasteiger partial charge >= 0.3 is 5.97 Å². The van der Waals surface area contributed by atoms with Crippen molar-refractivity contribution in [1.29, 1.82) is 0 Å². The molecule has 0 heterocycles. The number of rotatable bonds is 6. The van der Waals surface area contributed by atoms with Gasteiger partial charge in [0.15, 0.2) is 0 Å². The van der Waals surface area contributed by atoms with E-state index in [0.717, 1.165) is 56.8 Å². The maximum absolute atomic E-state index is 12.1. The summed E-state index contributed by atoms with van der Waals surface area (Å²) in [6, 6.07) is 0. The summed E-state index contributed by atoms with van der Waals surface area (Å²) in [6.45, 7) is 9.34. The fourth-order valence-electron chi connectivity index (χ4n) is 8.35. The van der Waals surface area contributed by atoms with Gasteiger partial charge in [-0.2, -0.15) is 0 Å². The molecule has 3 heteroatoms. The minimum Gasteiger partial charge on any atom is -0.481 e. The predicted octanol–water partition coefficient (Wildman–Crippen LogP) is 6.66. The van der Waals surface area contributed by atoms with Crippen LogP contribution in [0.5, 0.6) is 0 Å². The molecule has 0 saturated heterocycles. The Morgan fingerprint density at radius 1 is 1.10 bits per heavy atom. The van der Waals surface area contributed by atoms with Crippen molar-refractivity contribution in [3.63, 3.8) is 0 Å². The predicted molar refractivity (Wildman–Crippen MR) is 120 cm³/mol. The molecular formula is C27H42O3. The molecule has 0 radical (unpaired) electrons. The lowest BCUT2D eigenvalue weighted by Gasteiger charge is -2.57. The van der Waals surface area contributed by atoms with Crippen LogP contribution in [0.3, 0.4) is 0 Å². The second-order valence-electron chi connectivity index (χ2n) is 11.9. The van der Waals surface area contributed by atoms with Crippen LogP contribution in [0, 0.1) is 46.3 Å². The zero-order valence-corrected chi connectivity index (χ0v) is 19.6. The van der Waals surface area contributed by atoms with Crippen molar-refractivity contribution in [2.24, 2.45) is 46.3 Å². The molecule has 168 valence electrons. The SMILES string of the molecule is C[C@@H](CCC[C@H](C)[C@H]1CCC2C3=CC[C@H]4CC(=O)CC[C@]4(C)C3CC[C@@]21C)C(=O)O. The van der Waals surface area contributed by atoms with Crippen molar-refractivity contribution in [3.8, 4) is 0 Å². The molecule has 30 heavy (non-hydrogen) atoms. The molecule has 0 aromatic rings. The highest BCUT2D eigenvalue weighted by molar-refractivity contribution is 5.79. The van der Waals surface area contributed by atoms with Gasteiger partial charge in [0.25, 0.3) is 0 Å². The molecule has 0 amide bonds. The first-order chi connectivity index (χ1) is 14.2. The first kappa shape index (κ1) is 22.1. The standard InChI is InChI=1S/C27H42O3/c1-17(6-5-7-18(2)25(29)30)22-10-11-23-21-9-8-19-16-20(28)12-14-26(19,3)24(21)13-15-27(22,23)4/h9,17-19,22-24H,5-8,10-16H2,1-4H3,(H,29,30)/t17-,18-,19-,22+,23?,24?,26-,27+/m0/s1. The molecule has 4 rings (SSSR count). The second kappa shape index (κ2) is 8.10. The van der Waals surface area contributed by atoms with Crippen molar-refractivity contribution >= 4 is 11.8 Å². The quantitative estimate of drug-likeness (QED) is 0.494. The Balaban J connectivity index is 1.46. The summed E-state index contributed by atoms with van der Waals surface area (Å²) < 4.78 is 0. The highest BCUT2D eigenvalue weighted by Gasteiger charge is 2.58. The molecule has 0 bridgehead atoms. The molecule has 2 unspecified atom stereocenters. The zero-order chi connectivity index (χ0) is 21.7. The minimum atomic E-state index is -0.658. The highest BCUT2D eigenvalue weighted by Crippen LogP contribution is 2.66. The number of carboxylic acids is 1. The number of hydrogen-bond acceptors (Lipinski definition) is 2. The largest absolute Gasteiger partial charge is 0.481 e. The summed E-state index contributed by atoms with van der Waals surface area (Å²) in [6.07, 6.45) is 14.7. The Kier molecular flexibility index (Phi) is 5.96. The first-order valence-corrected chi connectivity index (χ1v) is 12.6. The van der Waals surface area contributed by atoms with Gasteiger partial charge in [-0.25, -0.2) is 0 Å². The van der Waals surface area contributed by atoms with Crippen LogP contribution in [0.1, 0.15) is 98.3 Å². The Morgan fingerprint density at radius 2 is 1.83 bits per heavy atom. The Labute approximate surface area is 183 Å². The lowest BCUT2D eigenvalue weighted by Crippen LogP contribution is -2.49. The van der Waals surface area contributed by atoms with Gasteiger partial charge in [0.1, 0.15) is 5.78 Å². The summed E-state index contributed by atoms with van der Waals surface area (Å²) in [7, 11) is 0. The van der Waals surface area contributed by atoms with Gasteiger partial charge in [0, 0.05) is 12.8 Å². The number of carboxylic acid groups (broad SMARTS) is 1. The lowest BCUT2D eigenvalue weighted by molar-refractivity contribution is -0.141. The van der Waals surface area contributed by atoms with Crippen LogP contribution in [0.4, 0.5) is 0 Å². The summed E-state index contributed by atoms with van der Waals surface area (Å²) in [5.41, 5.74) is 2.52. The molecule has 0 aliphatic heterocycles. The average molecular weight is 415 g/mol. The molecule has 4 aliphatic rings. The molecule has 3 fully saturated rings. The van der Waals surface area contributed by atoms with Crippen LogP contribution in [-0.4, -0.2) is 16.9 Å². The topological polar surface area (TPSA) is 54.4 Å². The molecule has 4 aliphatic carbocycles. The number of carbonyl (C=O) groups is 2. The van der Waals surface area contributed by atoms with E-state index >= 15 is 0 Å². The summed E-state index contributed by atoms with van der Waals surface area (Å²) >= 11 is 0. The molecule has 0 aromatic carbocycles. The third kappa shape index (κ3) is 3.58. The fourth-order valence-corrected chi connectivity index (χ4v) is 8.35. The maximum atomic E-state index is 12.1. The van der Waals surface area contributed by atoms with Gasteiger partial charge in [-0.15, -0.1) is 0 Å². The van der Waals surface area contributed by atoms with E-state index in [1.54, 1.807) is 5.57 Å². The minimum absolute atomic E-state index is 0.219. The Hall–Kier alpha value is -1.12. The highest BCUT2D eigenvalue weighted by atomic mass is 16.4. The number of aliphatic carboxylic acids is 1. The van der Waals surface area contributed by atoms with E-state index in [0.29, 0.717) is 34.4 Å². The van der Waals surface area contributed by atoms with Gasteiger partial charge in [-0.1, -0.05) is 52.2 Å². The smallest absolute Gasteiger partial charge is 0.306 e. The lowest BCUT2D eigenvalue weighted by atomic mass is 9.47. The van der Waals surface area contributed by atoms with Crippen molar-refractivity contribution in [1.82, 2.24) is 0 Å². The van der Waals surface area contributed by atoms with Crippen molar-refractivity contribution < 1.29 is 14.7 Å². The summed E-state index contributed by atoms with van der Waals surface area (Å²) in [5, 5.41) is 9.16. The fraction of sp³-hybridized carbons (Fsp3) is 0.852. The van der Waals surface area contributed by atoms with Gasteiger partial charge in [-0.05, 0) is 85.4 Å². The van der Waals surface area contributed by atoms with Crippen molar-refractivity contribution in [3.05, 3.63) is 11.6 Å². The van der Waals surface area contributed by atoms with Crippen LogP contribution >= 0.6 is 0 Å². The third-order valence-electron chi connectivity index (χ3n) is 10.4. The summed E-state index contributed by atoms with van der Waals surface area (Å²) in [5.74, 6) is 3.06. The zero-order valence-electron chi connectivity index (χ0n) is 19.6. The van der Waals surface area contributed by atoms with Gasteiger partial charge in [-0.3, -0.25) is 9.59 Å². The average Bonchev–Trinajstić information content (AvgIpc) is 3.05. The van der Waals surface area contributed by atoms with Crippen LogP contribution < -0.4 is 0 Å². The molecule has 0 spiro atoms. The van der Waals surface area contributed by atoms with Gasteiger partial charge in [0.05, 0.1) is 5.92 Å². The normalized spacial score (nSPS) is 42.5. The van der Waals surface area contributed by atoms with Gasteiger partial charge in [0.2, 0.25) is 0 Å². The number of allylic oxidation sites excluding steroid dienone is 2. The van der Waals surface area contributed by atoms with Crippen molar-refractivity contribution in [2.75, 3.05) is 0 Å². The monoisotopic (exact) mass is 414 g/mol. The van der Waals surface area contributed by atoms with Crippen LogP contribution in [-0.2, 0) is 9.59 Å². The Morgan fingerprint density at radius 3 is 2.57 bits per heavy atom. The first-order valence-electron chi connectivity index (χ1n) is 12.6. The molecule has 3 nitrogen and oxygen atoms in total. The van der Waals surface area contributed by atoms with Crippen LogP contribution in [0.2, 0.25) is 0 Å². The summed E-state index contributed by atoms with van der Waals surface area (Å²) in [4.78, 5) is 23.2. The maximum Gasteiger partial charge on any atom is 0.306 e. The van der Waals surface area contributed by atoms with Crippen LogP contribution in [0.15, 0.2) is 11.6 Å². The number of ketones is 1. The molecule has 1 N–H and O–H groups in total. The second-order valence-corrected chi connectivity index (χ2v) is 11.9. The molecule has 8 atom stereocenters. The van der Waals surface area contributed by atoms with E-state index in [4.69, 9.17) is 5.11 Å². The third-order valence-corrected chi connectivity index (χ3v) is 10.4. The Bertz CT molecular complexity index is 724. The van der Waals surface area contributed by atoms with E-state index in [9.17, 15) is 9.59 Å². The molecular weight excluding hydrogens is 372 g/mol. The van der Waals surface area contributed by atoms with E-state index in [-0.39, 0.29) is 5.92 Å². The van der Waals surface area contributed by atoms with Gasteiger partial charge < -0.3 is 5.11 Å². The molecule has 0 aromatic heterocycles. The number of hydrogen-bond donors (Lipinski definition) is 1. The number of Topliss-reactive ketones (excluding diaryl/α,β-unsaturated/α-hetero) is 1. The van der Waals surface area contributed by atoms with Crippen molar-refractivity contribution in [2.45, 2.75) is 98.3 Å². The van der Waals surface area contributed by atoms with E-state index in [1.807, 2.05) is 6.92 Å². The van der Waals surface area contributed by atoms with Crippen LogP contribution in [0.25, 0.3) is 0 Å². The number of carbonyl (C=O) groups excluding carboxylic acids is 1. The van der Waals surface area contributed by atoms with E-state index < -0.39 is 5.97 Å². The van der Waals surface area contributed by atoms with E-state index in [2.05, 4.69) is 26.8 Å². The number of fused-ring (bicyclic) bond motifs is 5. The molecule has 3 saturated carbocycles.